The Balaban J connectivity index is 2.21. The molecule has 1 N–H and O–H groups in total. The molecule has 2 aliphatic rings. The lowest BCUT2D eigenvalue weighted by molar-refractivity contribution is -0.136. The number of hydrogen-bond donors (Lipinski definition) is 1. The van der Waals surface area contributed by atoms with Crippen LogP contribution in [0.1, 0.15) is 31.2 Å². The molecule has 2 unspecified atom stereocenters. The molecule has 4 nitrogen and oxygen atoms in total. The lowest BCUT2D eigenvalue weighted by atomic mass is 9.71. The summed E-state index contributed by atoms with van der Waals surface area (Å²) in [5.41, 5.74) is 2.76. The molecule has 1 heterocycles. The van der Waals surface area contributed by atoms with E-state index < -0.39 is 17.8 Å². The predicted octanol–water partition coefficient (Wildman–Crippen LogP) is 3.99. The Bertz CT molecular complexity index is 782. The van der Waals surface area contributed by atoms with Gasteiger partial charge in [-0.1, -0.05) is 35.3 Å². The van der Waals surface area contributed by atoms with Crippen LogP contribution in [-0.4, -0.2) is 18.9 Å². The number of halogens is 2. The van der Waals surface area contributed by atoms with Crippen LogP contribution in [0.25, 0.3) is 0 Å². The second-order valence-corrected chi connectivity index (χ2v) is 6.76. The van der Waals surface area contributed by atoms with Crippen LogP contribution in [0.5, 0.6) is 0 Å². The molecule has 6 heteroatoms. The average molecular weight is 366 g/mol. The third-order valence-electron chi connectivity index (χ3n) is 4.53. The molecule has 1 aliphatic carbocycles. The third kappa shape index (κ3) is 2.85. The third-order valence-corrected chi connectivity index (χ3v) is 5.26. The monoisotopic (exact) mass is 365 g/mol. The van der Waals surface area contributed by atoms with Gasteiger partial charge in [0.05, 0.1) is 28.6 Å². The van der Waals surface area contributed by atoms with E-state index in [1.54, 1.807) is 18.2 Å². The molecule has 1 aromatic rings. The number of ketones is 1. The van der Waals surface area contributed by atoms with Crippen molar-refractivity contribution in [3.63, 3.8) is 0 Å². The van der Waals surface area contributed by atoms with Crippen LogP contribution in [-0.2, 0) is 14.3 Å². The van der Waals surface area contributed by atoms with Crippen LogP contribution in [0, 0.1) is 5.92 Å². The standard InChI is InChI=1S/C18H17Cl2NO3/c1-9-15(18(23)24-2)16(10-6-7-11(19)12(20)8-10)17-13(21-9)4-3-5-14(17)22/h4,6-8,16-17,21H,3,5H2,1-2H3. The van der Waals surface area contributed by atoms with Crippen molar-refractivity contribution in [2.45, 2.75) is 25.7 Å². The number of hydrogen-bond acceptors (Lipinski definition) is 4. The number of carbonyl (C=O) groups excluding carboxylic acids is 2. The molecule has 0 spiro atoms. The molecule has 2 atom stereocenters. The zero-order chi connectivity index (χ0) is 17.4. The Morgan fingerprint density at radius 3 is 2.67 bits per heavy atom. The molecule has 0 aromatic heterocycles. The molecule has 3 rings (SSSR count). The molecule has 0 fully saturated rings. The number of esters is 1. The summed E-state index contributed by atoms with van der Waals surface area (Å²) in [7, 11) is 1.34. The Labute approximate surface area is 150 Å². The summed E-state index contributed by atoms with van der Waals surface area (Å²) in [4.78, 5) is 25.0. The number of Topliss-reactive ketones (excluding diaryl/α,β-unsaturated/α-hetero) is 1. The molecule has 24 heavy (non-hydrogen) atoms. The highest BCUT2D eigenvalue weighted by molar-refractivity contribution is 6.42. The molecular formula is C18H17Cl2NO3. The van der Waals surface area contributed by atoms with Crippen LogP contribution in [0.15, 0.2) is 41.2 Å². The number of methoxy groups -OCH3 is 1. The largest absolute Gasteiger partial charge is 0.466 e. The molecule has 1 aliphatic heterocycles. The zero-order valence-corrected chi connectivity index (χ0v) is 14.9. The van der Waals surface area contributed by atoms with Gasteiger partial charge in [-0.2, -0.15) is 0 Å². The number of fused-ring (bicyclic) bond motifs is 1. The van der Waals surface area contributed by atoms with Gasteiger partial charge in [-0.3, -0.25) is 4.79 Å². The van der Waals surface area contributed by atoms with E-state index in [1.165, 1.54) is 7.11 Å². The summed E-state index contributed by atoms with van der Waals surface area (Å²) in [6, 6.07) is 5.21. The number of rotatable bonds is 2. The van der Waals surface area contributed by atoms with Crippen molar-refractivity contribution in [2.24, 2.45) is 5.92 Å². The van der Waals surface area contributed by atoms with Crippen molar-refractivity contribution in [3.8, 4) is 0 Å². The Morgan fingerprint density at radius 1 is 1.25 bits per heavy atom. The lowest BCUT2D eigenvalue weighted by Gasteiger charge is -2.37. The van der Waals surface area contributed by atoms with Crippen molar-refractivity contribution in [1.29, 1.82) is 0 Å². The van der Waals surface area contributed by atoms with Gasteiger partial charge in [-0.15, -0.1) is 0 Å². The van der Waals surface area contributed by atoms with Crippen molar-refractivity contribution in [3.05, 3.63) is 56.9 Å². The van der Waals surface area contributed by atoms with Gasteiger partial charge in [0.15, 0.2) is 0 Å². The van der Waals surface area contributed by atoms with E-state index in [4.69, 9.17) is 27.9 Å². The summed E-state index contributed by atoms with van der Waals surface area (Å²) < 4.78 is 4.95. The Kier molecular flexibility index (Phi) is 4.70. The fourth-order valence-electron chi connectivity index (χ4n) is 3.46. The Morgan fingerprint density at radius 2 is 2.00 bits per heavy atom. The summed E-state index contributed by atoms with van der Waals surface area (Å²) >= 11 is 12.2. The number of carbonyl (C=O) groups is 2. The topological polar surface area (TPSA) is 55.4 Å². The van der Waals surface area contributed by atoms with Gasteiger partial charge in [0, 0.05) is 23.7 Å². The second-order valence-electron chi connectivity index (χ2n) is 5.95. The average Bonchev–Trinajstić information content (AvgIpc) is 2.55. The molecule has 0 saturated heterocycles. The minimum atomic E-state index is -0.450. The van der Waals surface area contributed by atoms with Crippen LogP contribution in [0.2, 0.25) is 10.0 Å². The highest BCUT2D eigenvalue weighted by Gasteiger charge is 2.43. The summed E-state index contributed by atoms with van der Waals surface area (Å²) in [6.45, 7) is 1.81. The van der Waals surface area contributed by atoms with Crippen molar-refractivity contribution in [1.82, 2.24) is 5.32 Å². The van der Waals surface area contributed by atoms with E-state index in [0.717, 1.165) is 11.3 Å². The Hall–Kier alpha value is -1.78. The van der Waals surface area contributed by atoms with Crippen LogP contribution in [0.4, 0.5) is 0 Å². The predicted molar refractivity (Wildman–Crippen MR) is 92.9 cm³/mol. The number of ether oxygens (including phenoxy) is 1. The minimum absolute atomic E-state index is 0.102. The van der Waals surface area contributed by atoms with E-state index in [-0.39, 0.29) is 5.78 Å². The fourth-order valence-corrected chi connectivity index (χ4v) is 3.77. The van der Waals surface area contributed by atoms with Crippen molar-refractivity contribution in [2.75, 3.05) is 7.11 Å². The van der Waals surface area contributed by atoms with Gasteiger partial charge < -0.3 is 10.1 Å². The fraction of sp³-hybridized carbons (Fsp3) is 0.333. The molecule has 0 radical (unpaired) electrons. The maximum absolute atomic E-state index is 12.6. The number of nitrogens with one attached hydrogen (secondary N) is 1. The van der Waals surface area contributed by atoms with Gasteiger partial charge >= 0.3 is 5.97 Å². The summed E-state index contributed by atoms with van der Waals surface area (Å²) in [5, 5.41) is 4.02. The highest BCUT2D eigenvalue weighted by Crippen LogP contribution is 2.44. The summed E-state index contributed by atoms with van der Waals surface area (Å²) in [5.74, 6) is -1.22. The molecule has 0 saturated carbocycles. The van der Waals surface area contributed by atoms with Crippen LogP contribution < -0.4 is 5.32 Å². The van der Waals surface area contributed by atoms with Crippen molar-refractivity contribution < 1.29 is 14.3 Å². The molecular weight excluding hydrogens is 349 g/mol. The minimum Gasteiger partial charge on any atom is -0.466 e. The lowest BCUT2D eigenvalue weighted by Crippen LogP contribution is -2.40. The van der Waals surface area contributed by atoms with E-state index in [9.17, 15) is 9.59 Å². The first-order valence-corrected chi connectivity index (χ1v) is 8.43. The SMILES string of the molecule is COC(=O)C1=C(C)NC2=CCCC(=O)C2C1c1ccc(Cl)c(Cl)c1. The van der Waals surface area contributed by atoms with Gasteiger partial charge in [0.25, 0.3) is 0 Å². The van der Waals surface area contributed by atoms with Gasteiger partial charge in [0.1, 0.15) is 5.78 Å². The highest BCUT2D eigenvalue weighted by atomic mass is 35.5. The normalized spacial score (nSPS) is 23.3. The van der Waals surface area contributed by atoms with Crippen LogP contribution >= 0.6 is 23.2 Å². The van der Waals surface area contributed by atoms with Gasteiger partial charge in [0.2, 0.25) is 0 Å². The number of allylic oxidation sites excluding steroid dienone is 3. The number of benzene rings is 1. The van der Waals surface area contributed by atoms with E-state index in [2.05, 4.69) is 5.32 Å². The summed E-state index contributed by atoms with van der Waals surface area (Å²) in [6.07, 6.45) is 3.18. The van der Waals surface area contributed by atoms with Gasteiger partial charge in [-0.05, 0) is 31.0 Å². The van der Waals surface area contributed by atoms with Gasteiger partial charge in [-0.25, -0.2) is 4.79 Å². The van der Waals surface area contributed by atoms with E-state index in [1.807, 2.05) is 13.0 Å². The van der Waals surface area contributed by atoms with E-state index >= 15 is 0 Å². The van der Waals surface area contributed by atoms with Crippen molar-refractivity contribution >= 4 is 35.0 Å². The first kappa shape index (κ1) is 17.1. The molecule has 0 amide bonds. The van der Waals surface area contributed by atoms with E-state index in [0.29, 0.717) is 34.2 Å². The maximum Gasteiger partial charge on any atom is 0.336 e. The first-order chi connectivity index (χ1) is 11.4. The quantitative estimate of drug-likeness (QED) is 0.805. The second kappa shape index (κ2) is 6.61. The maximum atomic E-state index is 12.6. The zero-order valence-electron chi connectivity index (χ0n) is 13.4. The smallest absolute Gasteiger partial charge is 0.336 e. The molecule has 1 aromatic carbocycles. The first-order valence-electron chi connectivity index (χ1n) is 7.68. The molecule has 126 valence electrons. The van der Waals surface area contributed by atoms with Crippen LogP contribution in [0.3, 0.4) is 0 Å². The molecule has 0 bridgehead atoms.